The molecule has 2 amide bonds. The molecule has 0 saturated heterocycles. The number of sulfonamides is 2. The number of carbonyl (C=O) groups is 1. The van der Waals surface area contributed by atoms with Crippen LogP contribution in [0.15, 0.2) is 119 Å². The first-order valence-electron chi connectivity index (χ1n) is 13.9. The molecule has 0 aliphatic rings. The Balaban J connectivity index is 1.17. The molecular formula is C33H24Cl2N4O7S2. The Morgan fingerprint density at radius 1 is 0.479 bits per heavy atom. The summed E-state index contributed by atoms with van der Waals surface area (Å²) in [6.45, 7) is 0. The smallest absolute Gasteiger partial charge is 0.323 e. The topological polar surface area (TPSA) is 174 Å². The van der Waals surface area contributed by atoms with Crippen molar-refractivity contribution < 1.29 is 31.8 Å². The average Bonchev–Trinajstić information content (AvgIpc) is 3.03. The van der Waals surface area contributed by atoms with Gasteiger partial charge in [0.1, 0.15) is 11.5 Å². The van der Waals surface area contributed by atoms with Gasteiger partial charge in [0.25, 0.3) is 20.0 Å². The minimum absolute atomic E-state index is 0.00513. The van der Waals surface area contributed by atoms with Crippen LogP contribution in [-0.4, -0.2) is 33.1 Å². The maximum absolute atomic E-state index is 13.0. The lowest BCUT2D eigenvalue weighted by atomic mass is 10.1. The second-order valence-corrected chi connectivity index (χ2v) is 14.7. The van der Waals surface area contributed by atoms with E-state index in [4.69, 9.17) is 23.2 Å². The number of amides is 2. The average molecular weight is 724 g/mol. The number of hydrogen-bond donors (Lipinski definition) is 6. The van der Waals surface area contributed by atoms with Crippen molar-refractivity contribution in [1.29, 1.82) is 0 Å². The third kappa shape index (κ3) is 7.19. The van der Waals surface area contributed by atoms with E-state index in [1.165, 1.54) is 60.7 Å². The van der Waals surface area contributed by atoms with Crippen LogP contribution < -0.4 is 20.1 Å². The molecule has 0 aliphatic heterocycles. The highest BCUT2D eigenvalue weighted by molar-refractivity contribution is 7.93. The van der Waals surface area contributed by atoms with Crippen molar-refractivity contribution in [3.8, 4) is 11.5 Å². The van der Waals surface area contributed by atoms with Crippen molar-refractivity contribution in [3.05, 3.63) is 119 Å². The predicted octanol–water partition coefficient (Wildman–Crippen LogP) is 7.96. The molecule has 0 radical (unpaired) electrons. The minimum Gasteiger partial charge on any atom is -0.506 e. The van der Waals surface area contributed by atoms with Gasteiger partial charge in [-0.25, -0.2) is 21.6 Å². The second kappa shape index (κ2) is 12.8. The van der Waals surface area contributed by atoms with E-state index >= 15 is 0 Å². The van der Waals surface area contributed by atoms with E-state index in [-0.39, 0.29) is 42.7 Å². The molecule has 0 bridgehead atoms. The summed E-state index contributed by atoms with van der Waals surface area (Å²) in [5, 5.41) is 27.2. The van der Waals surface area contributed by atoms with Crippen molar-refractivity contribution in [2.75, 3.05) is 20.1 Å². The molecule has 6 aromatic rings. The van der Waals surface area contributed by atoms with E-state index in [2.05, 4.69) is 20.1 Å². The number of rotatable bonds is 8. The molecule has 0 fully saturated rings. The Hall–Kier alpha value is -5.21. The third-order valence-corrected chi connectivity index (χ3v) is 10.5. The molecule has 48 heavy (non-hydrogen) atoms. The summed E-state index contributed by atoms with van der Waals surface area (Å²) in [5.74, 6) is -0.358. The van der Waals surface area contributed by atoms with E-state index in [1.54, 1.807) is 48.5 Å². The number of fused-ring (bicyclic) bond motifs is 2. The van der Waals surface area contributed by atoms with Gasteiger partial charge < -0.3 is 20.8 Å². The standard InChI is InChI=1S/C33H24Cl2N4O7S2/c34-29-17-25(7-11-31(29)40)38-47(43,44)27-9-3-19-1-5-23(13-21(19)15-27)36-33(42)37-24-6-2-20-4-10-28(16-22(20)14-24)48(45,46)39-26-8-12-32(41)30(35)18-26/h1-18,38-41H,(H2,36,37,42). The summed E-state index contributed by atoms with van der Waals surface area (Å²) < 4.78 is 57.0. The van der Waals surface area contributed by atoms with Gasteiger partial charge in [-0.05, 0) is 106 Å². The first kappa shape index (κ1) is 32.7. The van der Waals surface area contributed by atoms with Crippen molar-refractivity contribution in [3.63, 3.8) is 0 Å². The van der Waals surface area contributed by atoms with Gasteiger partial charge in [0.15, 0.2) is 0 Å². The quantitative estimate of drug-likeness (QED) is 0.0864. The Bertz CT molecular complexity index is 2310. The summed E-state index contributed by atoms with van der Waals surface area (Å²) in [6, 6.07) is 26.4. The Kier molecular flexibility index (Phi) is 8.70. The number of hydrogen-bond acceptors (Lipinski definition) is 7. The molecule has 0 aliphatic carbocycles. The number of carbonyl (C=O) groups excluding carboxylic acids is 1. The summed E-state index contributed by atoms with van der Waals surface area (Å²) in [7, 11) is -8.01. The Morgan fingerprint density at radius 3 is 1.25 bits per heavy atom. The summed E-state index contributed by atoms with van der Waals surface area (Å²) in [4.78, 5) is 12.9. The highest BCUT2D eigenvalue weighted by Crippen LogP contribution is 2.30. The van der Waals surface area contributed by atoms with E-state index in [0.717, 1.165) is 10.8 Å². The second-order valence-electron chi connectivity index (χ2n) is 10.6. The molecule has 0 heterocycles. The zero-order valence-corrected chi connectivity index (χ0v) is 27.5. The number of phenols is 2. The summed E-state index contributed by atoms with van der Waals surface area (Å²) in [5.41, 5.74) is 1.13. The first-order chi connectivity index (χ1) is 22.8. The van der Waals surface area contributed by atoms with Gasteiger partial charge in [0, 0.05) is 11.4 Å². The number of nitrogens with one attached hydrogen (secondary N) is 4. The van der Waals surface area contributed by atoms with Crippen LogP contribution in [0.1, 0.15) is 0 Å². The van der Waals surface area contributed by atoms with Crippen LogP contribution in [0.5, 0.6) is 11.5 Å². The molecule has 6 N–H and O–H groups in total. The van der Waals surface area contributed by atoms with E-state index in [9.17, 15) is 31.8 Å². The van der Waals surface area contributed by atoms with Crippen LogP contribution in [0.4, 0.5) is 27.5 Å². The summed E-state index contributed by atoms with van der Waals surface area (Å²) in [6.07, 6.45) is 0. The lowest BCUT2D eigenvalue weighted by molar-refractivity contribution is 0.262. The number of anilines is 4. The van der Waals surface area contributed by atoms with Crippen molar-refractivity contribution >= 4 is 93.6 Å². The highest BCUT2D eigenvalue weighted by Gasteiger charge is 2.18. The fraction of sp³-hybridized carbons (Fsp3) is 0. The van der Waals surface area contributed by atoms with Crippen LogP contribution in [0.3, 0.4) is 0 Å². The number of halogens is 2. The number of phenolic OH excluding ortho intramolecular Hbond substituents is 2. The predicted molar refractivity (Wildman–Crippen MR) is 188 cm³/mol. The molecule has 244 valence electrons. The van der Waals surface area contributed by atoms with Crippen LogP contribution in [0.25, 0.3) is 21.5 Å². The number of urea groups is 1. The molecule has 6 aromatic carbocycles. The van der Waals surface area contributed by atoms with Crippen LogP contribution in [0.2, 0.25) is 10.0 Å². The first-order valence-corrected chi connectivity index (χ1v) is 17.7. The molecule has 11 nitrogen and oxygen atoms in total. The van der Waals surface area contributed by atoms with Gasteiger partial charge in [-0.3, -0.25) is 9.44 Å². The SMILES string of the molecule is O=C(Nc1ccc2ccc(S(=O)(=O)Nc3ccc(O)c(Cl)c3)cc2c1)Nc1ccc2ccc(S(=O)(=O)Nc3ccc(O)c(Cl)c3)cc2c1. The molecular weight excluding hydrogens is 699 g/mol. The van der Waals surface area contributed by atoms with Crippen molar-refractivity contribution in [2.24, 2.45) is 0 Å². The fourth-order valence-electron chi connectivity index (χ4n) is 4.80. The lowest BCUT2D eigenvalue weighted by Gasteiger charge is -2.12. The molecule has 6 rings (SSSR count). The molecule has 15 heteroatoms. The van der Waals surface area contributed by atoms with Gasteiger partial charge in [-0.1, -0.05) is 47.5 Å². The molecule has 0 aromatic heterocycles. The zero-order valence-electron chi connectivity index (χ0n) is 24.4. The van der Waals surface area contributed by atoms with Gasteiger partial charge in [-0.2, -0.15) is 0 Å². The highest BCUT2D eigenvalue weighted by atomic mass is 35.5. The van der Waals surface area contributed by atoms with Crippen molar-refractivity contribution in [1.82, 2.24) is 0 Å². The lowest BCUT2D eigenvalue weighted by Crippen LogP contribution is -2.19. The zero-order chi connectivity index (χ0) is 34.2. The van der Waals surface area contributed by atoms with Crippen LogP contribution in [-0.2, 0) is 20.0 Å². The molecule has 0 saturated carbocycles. The van der Waals surface area contributed by atoms with Crippen LogP contribution >= 0.6 is 23.2 Å². The maximum Gasteiger partial charge on any atom is 0.323 e. The van der Waals surface area contributed by atoms with Crippen LogP contribution in [0, 0.1) is 0 Å². The normalized spacial score (nSPS) is 11.7. The molecule has 0 spiro atoms. The number of aromatic hydroxyl groups is 2. The fourth-order valence-corrected chi connectivity index (χ4v) is 7.33. The number of benzene rings is 6. The summed E-state index contributed by atoms with van der Waals surface area (Å²) >= 11 is 11.8. The van der Waals surface area contributed by atoms with Gasteiger partial charge in [-0.15, -0.1) is 0 Å². The minimum atomic E-state index is -4.01. The van der Waals surface area contributed by atoms with Crippen molar-refractivity contribution in [2.45, 2.75) is 9.79 Å². The third-order valence-electron chi connectivity index (χ3n) is 7.16. The Morgan fingerprint density at radius 2 is 0.854 bits per heavy atom. The van der Waals surface area contributed by atoms with Gasteiger partial charge in [0.05, 0.1) is 31.2 Å². The van der Waals surface area contributed by atoms with E-state index in [0.29, 0.717) is 22.1 Å². The van der Waals surface area contributed by atoms with E-state index < -0.39 is 26.1 Å². The Labute approximate surface area is 284 Å². The molecule has 0 atom stereocenters. The largest absolute Gasteiger partial charge is 0.506 e. The van der Waals surface area contributed by atoms with Gasteiger partial charge >= 0.3 is 6.03 Å². The van der Waals surface area contributed by atoms with Gasteiger partial charge in [0.2, 0.25) is 0 Å². The van der Waals surface area contributed by atoms with E-state index in [1.807, 2.05) is 0 Å². The monoisotopic (exact) mass is 722 g/mol. The molecule has 0 unspecified atom stereocenters. The maximum atomic E-state index is 13.0.